The highest BCUT2D eigenvalue weighted by Gasteiger charge is 2.07. The number of hydrogen-bond donors (Lipinski definition) is 2. The lowest BCUT2D eigenvalue weighted by molar-refractivity contribution is -0.122. The maximum absolute atomic E-state index is 11.2. The number of nitrogens with zero attached hydrogens (tertiary/aromatic N) is 1. The quantitative estimate of drug-likeness (QED) is 0.530. The Labute approximate surface area is 84.9 Å². The zero-order chi connectivity index (χ0) is 10.8. The summed E-state index contributed by atoms with van der Waals surface area (Å²) in [6, 6.07) is 0. The van der Waals surface area contributed by atoms with Gasteiger partial charge in [0.1, 0.15) is 0 Å². The molecular formula is C10H18N2O2. The number of amides is 1. The van der Waals surface area contributed by atoms with Crippen LogP contribution in [0.4, 0.5) is 0 Å². The Morgan fingerprint density at radius 1 is 1.43 bits per heavy atom. The van der Waals surface area contributed by atoms with E-state index in [1.807, 2.05) is 4.90 Å². The molecule has 0 aromatic rings. The van der Waals surface area contributed by atoms with Crippen LogP contribution in [0.25, 0.3) is 0 Å². The molecule has 0 aliphatic carbocycles. The van der Waals surface area contributed by atoms with Gasteiger partial charge in [0.25, 0.3) is 0 Å². The summed E-state index contributed by atoms with van der Waals surface area (Å²) >= 11 is 0. The highest BCUT2D eigenvalue weighted by Crippen LogP contribution is 1.87. The second kappa shape index (κ2) is 8.47. The molecule has 0 fully saturated rings. The van der Waals surface area contributed by atoms with E-state index in [0.717, 1.165) is 0 Å². The molecule has 0 aliphatic rings. The van der Waals surface area contributed by atoms with Gasteiger partial charge in [0, 0.05) is 19.6 Å². The lowest BCUT2D eigenvalue weighted by atomic mass is 10.4. The van der Waals surface area contributed by atoms with Crippen molar-refractivity contribution in [3.63, 3.8) is 0 Å². The molecule has 4 nitrogen and oxygen atoms in total. The van der Waals surface area contributed by atoms with Gasteiger partial charge in [-0.05, 0) is 0 Å². The van der Waals surface area contributed by atoms with Crippen LogP contribution in [0.3, 0.4) is 0 Å². The molecule has 0 atom stereocenters. The van der Waals surface area contributed by atoms with Crippen LogP contribution in [-0.4, -0.2) is 48.7 Å². The fourth-order valence-electron chi connectivity index (χ4n) is 1.00. The smallest absolute Gasteiger partial charge is 0.234 e. The summed E-state index contributed by atoms with van der Waals surface area (Å²) in [6.07, 6.45) is 3.33. The van der Waals surface area contributed by atoms with Crippen LogP contribution in [0.2, 0.25) is 0 Å². The molecule has 80 valence electrons. The number of carbonyl (C=O) groups excluding carboxylic acids is 1. The maximum atomic E-state index is 11.2. The fraction of sp³-hybridized carbons (Fsp3) is 0.500. The van der Waals surface area contributed by atoms with E-state index in [-0.39, 0.29) is 19.1 Å². The predicted molar refractivity (Wildman–Crippen MR) is 56.9 cm³/mol. The highest BCUT2D eigenvalue weighted by atomic mass is 16.3. The molecule has 2 N–H and O–H groups in total. The van der Waals surface area contributed by atoms with Crippen molar-refractivity contribution in [2.45, 2.75) is 0 Å². The van der Waals surface area contributed by atoms with Crippen LogP contribution in [0.15, 0.2) is 25.3 Å². The van der Waals surface area contributed by atoms with E-state index in [1.165, 1.54) is 0 Å². The number of aliphatic hydroxyl groups is 1. The molecule has 0 bridgehead atoms. The van der Waals surface area contributed by atoms with Crippen molar-refractivity contribution >= 4 is 5.91 Å². The number of carbonyl (C=O) groups is 1. The van der Waals surface area contributed by atoms with Crippen LogP contribution in [0, 0.1) is 0 Å². The summed E-state index contributed by atoms with van der Waals surface area (Å²) in [7, 11) is 0. The molecule has 0 saturated carbocycles. The second-order valence-corrected chi connectivity index (χ2v) is 2.84. The summed E-state index contributed by atoms with van der Waals surface area (Å²) in [5.41, 5.74) is 0. The van der Waals surface area contributed by atoms with Crippen LogP contribution >= 0.6 is 0 Å². The van der Waals surface area contributed by atoms with Gasteiger partial charge in [-0.1, -0.05) is 12.2 Å². The lowest BCUT2D eigenvalue weighted by Gasteiger charge is -2.18. The third-order valence-corrected chi connectivity index (χ3v) is 1.61. The molecule has 0 aliphatic heterocycles. The van der Waals surface area contributed by atoms with E-state index in [0.29, 0.717) is 19.6 Å². The van der Waals surface area contributed by atoms with Gasteiger partial charge in [0.15, 0.2) is 0 Å². The van der Waals surface area contributed by atoms with Crippen LogP contribution in [0.1, 0.15) is 0 Å². The van der Waals surface area contributed by atoms with E-state index < -0.39 is 0 Å². The number of hydrogen-bond acceptors (Lipinski definition) is 3. The maximum Gasteiger partial charge on any atom is 0.234 e. The van der Waals surface area contributed by atoms with Gasteiger partial charge >= 0.3 is 0 Å². The Bertz CT molecular complexity index is 193. The molecule has 0 heterocycles. The molecule has 0 saturated heterocycles. The van der Waals surface area contributed by atoms with Gasteiger partial charge in [0.05, 0.1) is 13.2 Å². The summed E-state index contributed by atoms with van der Waals surface area (Å²) in [5.74, 6) is -0.0693. The van der Waals surface area contributed by atoms with Crippen molar-refractivity contribution in [3.8, 4) is 0 Å². The SMILES string of the molecule is C=CCNC(=O)CN(CC=C)CCO. The third-order valence-electron chi connectivity index (χ3n) is 1.61. The van der Waals surface area contributed by atoms with Gasteiger partial charge in [-0.3, -0.25) is 9.69 Å². The van der Waals surface area contributed by atoms with E-state index >= 15 is 0 Å². The number of rotatable bonds is 8. The Balaban J connectivity index is 3.81. The highest BCUT2D eigenvalue weighted by molar-refractivity contribution is 5.78. The lowest BCUT2D eigenvalue weighted by Crippen LogP contribution is -2.38. The van der Waals surface area contributed by atoms with Crippen molar-refractivity contribution in [1.29, 1.82) is 0 Å². The Kier molecular flexibility index (Phi) is 7.78. The predicted octanol–water partition coefficient (Wildman–Crippen LogP) is -0.231. The van der Waals surface area contributed by atoms with Crippen molar-refractivity contribution in [3.05, 3.63) is 25.3 Å². The van der Waals surface area contributed by atoms with Gasteiger partial charge in [-0.25, -0.2) is 0 Å². The third kappa shape index (κ3) is 6.39. The molecule has 4 heteroatoms. The molecule has 0 aromatic carbocycles. The van der Waals surface area contributed by atoms with Crippen LogP contribution in [0.5, 0.6) is 0 Å². The topological polar surface area (TPSA) is 52.6 Å². The Morgan fingerprint density at radius 3 is 2.64 bits per heavy atom. The normalized spacial score (nSPS) is 9.86. The molecule has 0 radical (unpaired) electrons. The van der Waals surface area contributed by atoms with Crippen molar-refractivity contribution in [1.82, 2.24) is 10.2 Å². The van der Waals surface area contributed by atoms with Crippen LogP contribution in [-0.2, 0) is 4.79 Å². The zero-order valence-electron chi connectivity index (χ0n) is 8.41. The van der Waals surface area contributed by atoms with E-state index in [4.69, 9.17) is 5.11 Å². The minimum atomic E-state index is -0.0693. The van der Waals surface area contributed by atoms with Gasteiger partial charge < -0.3 is 10.4 Å². The summed E-state index contributed by atoms with van der Waals surface area (Å²) < 4.78 is 0. The standard InChI is InChI=1S/C10H18N2O2/c1-3-5-11-10(14)9-12(6-4-2)7-8-13/h3-4,13H,1-2,5-9H2,(H,11,14). The average molecular weight is 198 g/mol. The zero-order valence-corrected chi connectivity index (χ0v) is 8.41. The van der Waals surface area contributed by atoms with E-state index in [9.17, 15) is 4.79 Å². The Hall–Kier alpha value is -1.13. The molecule has 0 rings (SSSR count). The van der Waals surface area contributed by atoms with E-state index in [2.05, 4.69) is 18.5 Å². The first kappa shape index (κ1) is 12.9. The molecule has 14 heavy (non-hydrogen) atoms. The second-order valence-electron chi connectivity index (χ2n) is 2.84. The molecule has 0 unspecified atom stereocenters. The first-order chi connectivity index (χ1) is 6.74. The van der Waals surface area contributed by atoms with Gasteiger partial charge in [-0.2, -0.15) is 0 Å². The van der Waals surface area contributed by atoms with E-state index in [1.54, 1.807) is 12.2 Å². The fourth-order valence-corrected chi connectivity index (χ4v) is 1.00. The average Bonchev–Trinajstić information content (AvgIpc) is 2.15. The minimum Gasteiger partial charge on any atom is -0.395 e. The number of aliphatic hydroxyl groups excluding tert-OH is 1. The van der Waals surface area contributed by atoms with Crippen LogP contribution < -0.4 is 5.32 Å². The summed E-state index contributed by atoms with van der Waals surface area (Å²) in [5, 5.41) is 11.4. The minimum absolute atomic E-state index is 0.0442. The van der Waals surface area contributed by atoms with Gasteiger partial charge in [0.2, 0.25) is 5.91 Å². The molecule has 0 aromatic heterocycles. The molecule has 0 spiro atoms. The monoisotopic (exact) mass is 198 g/mol. The number of nitrogens with one attached hydrogen (secondary N) is 1. The first-order valence-corrected chi connectivity index (χ1v) is 4.56. The first-order valence-electron chi connectivity index (χ1n) is 4.56. The van der Waals surface area contributed by atoms with Crippen molar-refractivity contribution in [2.24, 2.45) is 0 Å². The Morgan fingerprint density at radius 2 is 2.14 bits per heavy atom. The largest absolute Gasteiger partial charge is 0.395 e. The summed E-state index contributed by atoms with van der Waals surface area (Å²) in [4.78, 5) is 13.1. The van der Waals surface area contributed by atoms with Crippen molar-refractivity contribution < 1.29 is 9.90 Å². The van der Waals surface area contributed by atoms with Gasteiger partial charge in [-0.15, -0.1) is 13.2 Å². The molecular weight excluding hydrogens is 180 g/mol. The molecule has 1 amide bonds. The van der Waals surface area contributed by atoms with Crippen molar-refractivity contribution in [2.75, 3.05) is 32.8 Å². The summed E-state index contributed by atoms with van der Waals surface area (Å²) in [6.45, 7) is 8.95.